The van der Waals surface area contributed by atoms with Gasteiger partial charge in [-0.15, -0.1) is 0 Å². The summed E-state index contributed by atoms with van der Waals surface area (Å²) < 4.78 is 97.0. The third-order valence-electron chi connectivity index (χ3n) is 2.00. The highest BCUT2D eigenvalue weighted by molar-refractivity contribution is 7.89. The summed E-state index contributed by atoms with van der Waals surface area (Å²) in [4.78, 5) is -1.23. The largest absolute Gasteiger partial charge is 0.418 e. The van der Waals surface area contributed by atoms with Crippen molar-refractivity contribution in [1.29, 1.82) is 0 Å². The van der Waals surface area contributed by atoms with E-state index in [1.165, 1.54) is 0 Å². The van der Waals surface area contributed by atoms with Crippen LogP contribution in [0.4, 0.5) is 26.3 Å². The summed E-state index contributed by atoms with van der Waals surface area (Å²) in [6, 6.07) is 0.240. The second kappa shape index (κ2) is 4.53. The maximum absolute atomic E-state index is 12.6. The van der Waals surface area contributed by atoms with Crippen LogP contribution in [-0.4, -0.2) is 8.42 Å². The van der Waals surface area contributed by atoms with Crippen LogP contribution >= 0.6 is 11.6 Å². The Labute approximate surface area is 108 Å². The molecule has 0 aliphatic heterocycles. The van der Waals surface area contributed by atoms with Crippen LogP contribution in [0, 0.1) is 0 Å². The van der Waals surface area contributed by atoms with Gasteiger partial charge in [0.2, 0.25) is 10.0 Å². The summed E-state index contributed by atoms with van der Waals surface area (Å²) in [5.41, 5.74) is -4.37. The van der Waals surface area contributed by atoms with Gasteiger partial charge in [-0.25, -0.2) is 13.6 Å². The smallest absolute Gasteiger partial charge is 0.225 e. The Bertz CT molecular complexity index is 607. The molecule has 0 spiro atoms. The van der Waals surface area contributed by atoms with Crippen molar-refractivity contribution < 1.29 is 34.8 Å². The number of primary sulfonamides is 1. The van der Waals surface area contributed by atoms with E-state index in [1.54, 1.807) is 0 Å². The molecule has 1 rings (SSSR count). The van der Waals surface area contributed by atoms with Crippen molar-refractivity contribution in [2.24, 2.45) is 5.14 Å². The van der Waals surface area contributed by atoms with Crippen molar-refractivity contribution in [1.82, 2.24) is 0 Å². The van der Waals surface area contributed by atoms with Crippen LogP contribution in [-0.2, 0) is 22.4 Å². The minimum absolute atomic E-state index is 0.0333. The van der Waals surface area contributed by atoms with Crippen molar-refractivity contribution in [3.8, 4) is 0 Å². The molecule has 1 aromatic carbocycles. The lowest BCUT2D eigenvalue weighted by atomic mass is 10.1. The van der Waals surface area contributed by atoms with E-state index in [0.717, 1.165) is 0 Å². The first-order valence-electron chi connectivity index (χ1n) is 4.26. The van der Waals surface area contributed by atoms with E-state index >= 15 is 0 Å². The van der Waals surface area contributed by atoms with Crippen LogP contribution in [0.15, 0.2) is 17.0 Å². The molecular formula is C8H4ClF6NO2S. The zero-order valence-electron chi connectivity index (χ0n) is 8.60. The first-order valence-corrected chi connectivity index (χ1v) is 6.18. The van der Waals surface area contributed by atoms with Crippen molar-refractivity contribution in [3.05, 3.63) is 28.3 Å². The summed E-state index contributed by atoms with van der Waals surface area (Å²) in [5.74, 6) is 0. The molecule has 0 saturated carbocycles. The highest BCUT2D eigenvalue weighted by atomic mass is 35.5. The summed E-state index contributed by atoms with van der Waals surface area (Å²) >= 11 is 5.11. The molecule has 0 unspecified atom stereocenters. The van der Waals surface area contributed by atoms with Crippen LogP contribution in [0.3, 0.4) is 0 Å². The standard InChI is InChI=1S/C8H4ClF6NO2S/c9-6-4(19(16,17)18)2-1-3(7(10,11)12)5(6)8(13,14)15/h1-2H,(H2,16,17,18). The van der Waals surface area contributed by atoms with Crippen LogP contribution in [0.2, 0.25) is 5.02 Å². The van der Waals surface area contributed by atoms with E-state index in [0.29, 0.717) is 0 Å². The van der Waals surface area contributed by atoms with Crippen LogP contribution in [0.5, 0.6) is 0 Å². The van der Waals surface area contributed by atoms with Gasteiger partial charge in [0, 0.05) is 0 Å². The molecule has 3 nitrogen and oxygen atoms in total. The topological polar surface area (TPSA) is 60.2 Å². The van der Waals surface area contributed by atoms with E-state index in [4.69, 9.17) is 11.6 Å². The lowest BCUT2D eigenvalue weighted by Crippen LogP contribution is -2.20. The van der Waals surface area contributed by atoms with E-state index < -0.39 is 43.4 Å². The van der Waals surface area contributed by atoms with Crippen molar-refractivity contribution in [3.63, 3.8) is 0 Å². The van der Waals surface area contributed by atoms with Gasteiger partial charge in [0.1, 0.15) is 4.90 Å². The van der Waals surface area contributed by atoms with Crippen molar-refractivity contribution in [2.75, 3.05) is 0 Å². The Balaban J connectivity index is 3.81. The number of halogens is 7. The summed E-state index contributed by atoms with van der Waals surface area (Å²) in [6.07, 6.45) is -10.8. The zero-order chi connectivity index (χ0) is 15.2. The fraction of sp³-hybridized carbons (Fsp3) is 0.250. The molecule has 0 aromatic heterocycles. The first kappa shape index (κ1) is 16.1. The molecule has 0 radical (unpaired) electrons. The quantitative estimate of drug-likeness (QED) is 0.806. The van der Waals surface area contributed by atoms with E-state index in [2.05, 4.69) is 5.14 Å². The minimum Gasteiger partial charge on any atom is -0.225 e. The molecule has 11 heteroatoms. The molecule has 0 heterocycles. The van der Waals surface area contributed by atoms with Gasteiger partial charge in [-0.3, -0.25) is 0 Å². The number of hydrogen-bond acceptors (Lipinski definition) is 2. The maximum atomic E-state index is 12.6. The average Bonchev–Trinajstić information content (AvgIpc) is 2.11. The number of benzene rings is 1. The van der Waals surface area contributed by atoms with Gasteiger partial charge in [0.05, 0.1) is 16.1 Å². The molecule has 0 aliphatic rings. The molecule has 0 atom stereocenters. The molecule has 19 heavy (non-hydrogen) atoms. The molecule has 0 aliphatic carbocycles. The Morgan fingerprint density at radius 2 is 1.47 bits per heavy atom. The molecule has 0 bridgehead atoms. The molecule has 1 aromatic rings. The van der Waals surface area contributed by atoms with Gasteiger partial charge in [0.25, 0.3) is 0 Å². The normalized spacial score (nSPS) is 13.7. The van der Waals surface area contributed by atoms with Gasteiger partial charge in [-0.1, -0.05) is 11.6 Å². The summed E-state index contributed by atoms with van der Waals surface area (Å²) in [7, 11) is -4.68. The number of nitrogens with two attached hydrogens (primary N) is 1. The average molecular weight is 328 g/mol. The lowest BCUT2D eigenvalue weighted by Gasteiger charge is -2.18. The Kier molecular flexibility index (Phi) is 3.83. The number of alkyl halides is 6. The number of hydrogen-bond donors (Lipinski definition) is 1. The van der Waals surface area contributed by atoms with E-state index in [-0.39, 0.29) is 12.1 Å². The molecule has 0 saturated heterocycles. The first-order chi connectivity index (χ1) is 8.26. The van der Waals surface area contributed by atoms with Crippen molar-refractivity contribution in [2.45, 2.75) is 17.2 Å². The van der Waals surface area contributed by atoms with Gasteiger partial charge in [-0.05, 0) is 12.1 Å². The lowest BCUT2D eigenvalue weighted by molar-refractivity contribution is -0.162. The Hall–Kier alpha value is -1.00. The minimum atomic E-state index is -5.48. The molecule has 0 amide bonds. The Morgan fingerprint density at radius 1 is 1.00 bits per heavy atom. The fourth-order valence-electron chi connectivity index (χ4n) is 1.29. The van der Waals surface area contributed by atoms with E-state index in [1.807, 2.05) is 0 Å². The molecular weight excluding hydrogens is 324 g/mol. The fourth-order valence-corrected chi connectivity index (χ4v) is 2.49. The Morgan fingerprint density at radius 3 is 1.79 bits per heavy atom. The third kappa shape index (κ3) is 3.31. The van der Waals surface area contributed by atoms with Crippen LogP contribution < -0.4 is 5.14 Å². The highest BCUT2D eigenvalue weighted by Crippen LogP contribution is 2.45. The van der Waals surface area contributed by atoms with Crippen molar-refractivity contribution >= 4 is 21.6 Å². The number of sulfonamides is 1. The van der Waals surface area contributed by atoms with Crippen LogP contribution in [0.1, 0.15) is 11.1 Å². The number of rotatable bonds is 1. The second-order valence-corrected chi connectivity index (χ2v) is 5.25. The van der Waals surface area contributed by atoms with Crippen LogP contribution in [0.25, 0.3) is 0 Å². The zero-order valence-corrected chi connectivity index (χ0v) is 10.2. The SMILES string of the molecule is NS(=O)(=O)c1ccc(C(F)(F)F)c(C(F)(F)F)c1Cl. The molecule has 2 N–H and O–H groups in total. The highest BCUT2D eigenvalue weighted by Gasteiger charge is 2.46. The third-order valence-corrected chi connectivity index (χ3v) is 3.46. The summed E-state index contributed by atoms with van der Waals surface area (Å²) in [6.45, 7) is 0. The predicted molar refractivity (Wildman–Crippen MR) is 52.8 cm³/mol. The van der Waals surface area contributed by atoms with E-state index in [9.17, 15) is 34.8 Å². The maximum Gasteiger partial charge on any atom is 0.418 e. The predicted octanol–water partition coefficient (Wildman–Crippen LogP) is 3.03. The molecule has 0 fully saturated rings. The second-order valence-electron chi connectivity index (χ2n) is 3.34. The molecule has 108 valence electrons. The van der Waals surface area contributed by atoms with Gasteiger partial charge in [0.15, 0.2) is 0 Å². The van der Waals surface area contributed by atoms with Gasteiger partial charge in [-0.2, -0.15) is 26.3 Å². The monoisotopic (exact) mass is 327 g/mol. The van der Waals surface area contributed by atoms with Gasteiger partial charge < -0.3 is 0 Å². The van der Waals surface area contributed by atoms with Gasteiger partial charge >= 0.3 is 12.4 Å². The summed E-state index contributed by atoms with van der Waals surface area (Å²) in [5, 5.41) is 2.96.